The largest absolute Gasteiger partial charge is 0.243 e. The van der Waals surface area contributed by atoms with E-state index < -0.39 is 20.0 Å². The molecule has 146 valence electrons. The Kier molecular flexibility index (Phi) is 5.71. The van der Waals surface area contributed by atoms with Gasteiger partial charge >= 0.3 is 0 Å². The Balaban J connectivity index is 1.85. The molecule has 0 radical (unpaired) electrons. The van der Waals surface area contributed by atoms with Crippen molar-refractivity contribution in [2.45, 2.75) is 35.6 Å². The molecular weight excluding hydrogens is 384 g/mol. The topological polar surface area (TPSA) is 74.8 Å². The number of hydrogen-bond donors (Lipinski definition) is 0. The normalized spacial score (nSPS) is 17.3. The van der Waals surface area contributed by atoms with Gasteiger partial charge in [-0.2, -0.15) is 8.61 Å². The average molecular weight is 409 g/mol. The monoisotopic (exact) mass is 408 g/mol. The summed E-state index contributed by atoms with van der Waals surface area (Å²) in [5.74, 6) is 0. The molecule has 8 heteroatoms. The minimum Gasteiger partial charge on any atom is -0.207 e. The van der Waals surface area contributed by atoms with Crippen molar-refractivity contribution in [3.63, 3.8) is 0 Å². The number of benzene rings is 2. The van der Waals surface area contributed by atoms with Crippen LogP contribution >= 0.6 is 0 Å². The van der Waals surface area contributed by atoms with Crippen LogP contribution in [0.1, 0.15) is 31.4 Å². The average Bonchev–Trinajstić information content (AvgIpc) is 3.23. The zero-order chi connectivity index (χ0) is 19.7. The van der Waals surface area contributed by atoms with E-state index in [0.29, 0.717) is 13.1 Å². The van der Waals surface area contributed by atoms with Crippen LogP contribution in [0.3, 0.4) is 0 Å². The Morgan fingerprint density at radius 2 is 1.37 bits per heavy atom. The van der Waals surface area contributed by atoms with Crippen molar-refractivity contribution in [3.05, 3.63) is 60.2 Å². The third-order valence-corrected chi connectivity index (χ3v) is 8.89. The standard InChI is InChI=1S/C19H24N2O4S2/c1-16(17-8-4-3-5-9-17)20(2)26(22,23)18-10-12-19(13-11-18)27(24,25)21-14-6-7-15-21/h3-5,8-13,16H,6-7,14-15H2,1-2H3. The minimum atomic E-state index is -3.74. The summed E-state index contributed by atoms with van der Waals surface area (Å²) >= 11 is 0. The van der Waals surface area contributed by atoms with Gasteiger partial charge in [0, 0.05) is 26.2 Å². The van der Waals surface area contributed by atoms with Crippen molar-refractivity contribution in [3.8, 4) is 0 Å². The van der Waals surface area contributed by atoms with Crippen molar-refractivity contribution in [2.75, 3.05) is 20.1 Å². The molecule has 1 heterocycles. The highest BCUT2D eigenvalue weighted by Gasteiger charge is 2.29. The molecule has 1 aliphatic heterocycles. The van der Waals surface area contributed by atoms with Crippen molar-refractivity contribution >= 4 is 20.0 Å². The van der Waals surface area contributed by atoms with E-state index in [1.165, 1.54) is 39.9 Å². The summed E-state index contributed by atoms with van der Waals surface area (Å²) in [7, 11) is -5.77. The first-order valence-corrected chi connectivity index (χ1v) is 11.8. The molecule has 6 nitrogen and oxygen atoms in total. The summed E-state index contributed by atoms with van der Waals surface area (Å²) in [5, 5.41) is 0. The lowest BCUT2D eigenvalue weighted by Gasteiger charge is -2.25. The van der Waals surface area contributed by atoms with Gasteiger partial charge in [-0.05, 0) is 49.6 Å². The third-order valence-electron chi connectivity index (χ3n) is 5.03. The van der Waals surface area contributed by atoms with Gasteiger partial charge in [0.05, 0.1) is 9.79 Å². The van der Waals surface area contributed by atoms with Gasteiger partial charge in [0.15, 0.2) is 0 Å². The predicted octanol–water partition coefficient (Wildman–Crippen LogP) is 2.85. The zero-order valence-corrected chi connectivity index (χ0v) is 17.1. The molecule has 1 atom stereocenters. The van der Waals surface area contributed by atoms with Gasteiger partial charge in [-0.25, -0.2) is 16.8 Å². The lowest BCUT2D eigenvalue weighted by molar-refractivity contribution is 0.398. The van der Waals surface area contributed by atoms with Crippen molar-refractivity contribution < 1.29 is 16.8 Å². The quantitative estimate of drug-likeness (QED) is 0.737. The molecule has 0 amide bonds. The van der Waals surface area contributed by atoms with Gasteiger partial charge in [-0.1, -0.05) is 30.3 Å². The van der Waals surface area contributed by atoms with Crippen LogP contribution in [0.2, 0.25) is 0 Å². The second-order valence-electron chi connectivity index (χ2n) is 6.69. The maximum atomic E-state index is 12.9. The van der Waals surface area contributed by atoms with Crippen LogP contribution in [-0.4, -0.2) is 45.6 Å². The number of sulfonamides is 2. The number of rotatable bonds is 6. The van der Waals surface area contributed by atoms with Gasteiger partial charge in [0.1, 0.15) is 0 Å². The molecule has 0 saturated carbocycles. The highest BCUT2D eigenvalue weighted by Crippen LogP contribution is 2.27. The molecule has 0 spiro atoms. The first-order chi connectivity index (χ1) is 12.7. The van der Waals surface area contributed by atoms with Gasteiger partial charge in [0.25, 0.3) is 0 Å². The summed E-state index contributed by atoms with van der Waals surface area (Å²) in [6, 6.07) is 14.5. The lowest BCUT2D eigenvalue weighted by Crippen LogP contribution is -2.30. The van der Waals surface area contributed by atoms with Crippen LogP contribution in [0.5, 0.6) is 0 Å². The fourth-order valence-corrected chi connectivity index (χ4v) is 6.04. The van der Waals surface area contributed by atoms with Gasteiger partial charge in [0.2, 0.25) is 20.0 Å². The minimum absolute atomic E-state index is 0.0770. The van der Waals surface area contributed by atoms with Crippen LogP contribution < -0.4 is 0 Å². The molecule has 3 rings (SSSR count). The Morgan fingerprint density at radius 3 is 1.93 bits per heavy atom. The molecule has 2 aromatic rings. The molecule has 1 unspecified atom stereocenters. The molecular formula is C19H24N2O4S2. The molecule has 0 bridgehead atoms. The van der Waals surface area contributed by atoms with Crippen molar-refractivity contribution in [1.29, 1.82) is 0 Å². The van der Waals surface area contributed by atoms with Crippen LogP contribution in [0.25, 0.3) is 0 Å². The lowest BCUT2D eigenvalue weighted by atomic mass is 10.1. The van der Waals surface area contributed by atoms with Crippen LogP contribution in [0.15, 0.2) is 64.4 Å². The van der Waals surface area contributed by atoms with Crippen LogP contribution in [0, 0.1) is 0 Å². The summed E-state index contributed by atoms with van der Waals surface area (Å²) in [6.07, 6.45) is 1.71. The molecule has 1 saturated heterocycles. The second kappa shape index (κ2) is 7.71. The fourth-order valence-electron chi connectivity index (χ4n) is 3.18. The fraction of sp³-hybridized carbons (Fsp3) is 0.368. The molecule has 0 aromatic heterocycles. The maximum Gasteiger partial charge on any atom is 0.243 e. The van der Waals surface area contributed by atoms with E-state index in [1.54, 1.807) is 0 Å². The SMILES string of the molecule is CC(c1ccccc1)N(C)S(=O)(=O)c1ccc(S(=O)(=O)N2CCCC2)cc1. The summed E-state index contributed by atoms with van der Waals surface area (Å²) in [6.45, 7) is 2.85. The third kappa shape index (κ3) is 3.94. The van der Waals surface area contributed by atoms with Crippen molar-refractivity contribution in [1.82, 2.24) is 8.61 Å². The maximum absolute atomic E-state index is 12.9. The van der Waals surface area contributed by atoms with E-state index in [4.69, 9.17) is 0 Å². The highest BCUT2D eigenvalue weighted by molar-refractivity contribution is 7.89. The smallest absolute Gasteiger partial charge is 0.207 e. The molecule has 1 aliphatic rings. The summed E-state index contributed by atoms with van der Waals surface area (Å²) < 4.78 is 53.8. The Hall–Kier alpha value is -1.74. The van der Waals surface area contributed by atoms with E-state index in [-0.39, 0.29) is 15.8 Å². The van der Waals surface area contributed by atoms with Gasteiger partial charge in [-0.15, -0.1) is 0 Å². The summed E-state index contributed by atoms with van der Waals surface area (Å²) in [5.41, 5.74) is 0.886. The summed E-state index contributed by atoms with van der Waals surface area (Å²) in [4.78, 5) is 0.204. The molecule has 0 aliphatic carbocycles. The molecule has 2 aromatic carbocycles. The predicted molar refractivity (Wildman–Crippen MR) is 104 cm³/mol. The second-order valence-corrected chi connectivity index (χ2v) is 10.6. The number of hydrogen-bond acceptors (Lipinski definition) is 4. The van der Waals surface area contributed by atoms with E-state index in [0.717, 1.165) is 18.4 Å². The van der Waals surface area contributed by atoms with Gasteiger partial charge < -0.3 is 0 Å². The van der Waals surface area contributed by atoms with Gasteiger partial charge in [-0.3, -0.25) is 0 Å². The van der Waals surface area contributed by atoms with Crippen LogP contribution in [0.4, 0.5) is 0 Å². The van der Waals surface area contributed by atoms with E-state index in [1.807, 2.05) is 37.3 Å². The van der Waals surface area contributed by atoms with Crippen molar-refractivity contribution in [2.24, 2.45) is 0 Å². The molecule has 27 heavy (non-hydrogen) atoms. The number of nitrogens with zero attached hydrogens (tertiary/aromatic N) is 2. The van der Waals surface area contributed by atoms with E-state index in [2.05, 4.69) is 0 Å². The first-order valence-electron chi connectivity index (χ1n) is 8.88. The Labute approximate surface area is 161 Å². The highest BCUT2D eigenvalue weighted by atomic mass is 32.2. The van der Waals surface area contributed by atoms with E-state index >= 15 is 0 Å². The first kappa shape index (κ1) is 20.0. The molecule has 0 N–H and O–H groups in total. The Morgan fingerprint density at radius 1 is 0.852 bits per heavy atom. The van der Waals surface area contributed by atoms with Crippen LogP contribution in [-0.2, 0) is 20.0 Å². The molecule has 1 fully saturated rings. The Bertz CT molecular complexity index is 982. The van der Waals surface area contributed by atoms with E-state index in [9.17, 15) is 16.8 Å². The zero-order valence-electron chi connectivity index (χ0n) is 15.4.